The number of hydrogen-bond acceptors (Lipinski definition) is 6. The lowest BCUT2D eigenvalue weighted by atomic mass is 9.86. The van der Waals surface area contributed by atoms with Crippen LogP contribution < -0.4 is 15.8 Å². The topological polar surface area (TPSA) is 102 Å². The van der Waals surface area contributed by atoms with Gasteiger partial charge in [-0.3, -0.25) is 4.79 Å². The predicted octanol–water partition coefficient (Wildman–Crippen LogP) is 5.32. The van der Waals surface area contributed by atoms with E-state index in [1.54, 1.807) is 41.9 Å². The van der Waals surface area contributed by atoms with Crippen molar-refractivity contribution in [2.45, 2.75) is 19.8 Å². The molecule has 0 unspecified atom stereocenters. The van der Waals surface area contributed by atoms with E-state index in [1.165, 1.54) is 19.2 Å². The summed E-state index contributed by atoms with van der Waals surface area (Å²) < 4.78 is 12.7. The van der Waals surface area contributed by atoms with Crippen LogP contribution in [0, 0.1) is 0 Å². The van der Waals surface area contributed by atoms with Crippen molar-refractivity contribution in [3.8, 4) is 17.2 Å². The zero-order chi connectivity index (χ0) is 25.7. The summed E-state index contributed by atoms with van der Waals surface area (Å²) in [6.07, 6.45) is 1.88. The summed E-state index contributed by atoms with van der Waals surface area (Å²) in [5, 5.41) is 24.0. The monoisotopic (exact) mass is 483 g/mol. The number of pyridine rings is 1. The molecule has 5 rings (SSSR count). The number of fused-ring (bicyclic) bond motifs is 3. The summed E-state index contributed by atoms with van der Waals surface area (Å²) in [6, 6.07) is 15.0. The van der Waals surface area contributed by atoms with Gasteiger partial charge in [0.1, 0.15) is 22.8 Å². The maximum atomic E-state index is 13.5. The molecule has 182 valence electrons. The Morgan fingerprint density at radius 3 is 2.50 bits per heavy atom. The molecule has 0 spiro atoms. The first-order valence-corrected chi connectivity index (χ1v) is 11.4. The Kier molecular flexibility index (Phi) is 5.55. The molecule has 0 aliphatic carbocycles. The molecule has 0 saturated heterocycles. The van der Waals surface area contributed by atoms with Gasteiger partial charge in [0.05, 0.1) is 23.5 Å². The maximum absolute atomic E-state index is 13.5. The van der Waals surface area contributed by atoms with Crippen LogP contribution in [-0.4, -0.2) is 21.9 Å². The highest BCUT2D eigenvalue weighted by Crippen LogP contribution is 2.46. The predicted molar refractivity (Wildman–Crippen MR) is 140 cm³/mol. The fraction of sp³-hybridized carbons (Fsp3) is 0.172. The molecule has 0 aliphatic heterocycles. The average molecular weight is 484 g/mol. The van der Waals surface area contributed by atoms with Crippen molar-refractivity contribution in [3.05, 3.63) is 98.0 Å². The highest BCUT2D eigenvalue weighted by atomic mass is 16.5. The highest BCUT2D eigenvalue weighted by molar-refractivity contribution is 5.98. The summed E-state index contributed by atoms with van der Waals surface area (Å²) in [6.45, 7) is 3.81. The molecule has 0 aliphatic rings. The number of nitrogens with zero attached hydrogens (tertiary/aromatic N) is 1. The molecule has 1 atom stereocenters. The van der Waals surface area contributed by atoms with Gasteiger partial charge in [-0.05, 0) is 38.1 Å². The van der Waals surface area contributed by atoms with Gasteiger partial charge in [0, 0.05) is 53.1 Å². The third-order valence-corrected chi connectivity index (χ3v) is 6.51. The fourth-order valence-electron chi connectivity index (χ4n) is 4.87. The molecular weight excluding hydrogens is 458 g/mol. The molecule has 0 saturated carbocycles. The minimum absolute atomic E-state index is 0.127. The highest BCUT2D eigenvalue weighted by Gasteiger charge is 2.27. The van der Waals surface area contributed by atoms with Gasteiger partial charge in [-0.1, -0.05) is 23.8 Å². The normalized spacial score (nSPS) is 12.2. The van der Waals surface area contributed by atoms with Crippen LogP contribution in [0.2, 0.25) is 0 Å². The number of phenolic OH excluding ortho intramolecular Hbond substituents is 2. The molecule has 0 amide bonds. The van der Waals surface area contributed by atoms with Crippen LogP contribution >= 0.6 is 0 Å². The van der Waals surface area contributed by atoms with Crippen LogP contribution in [0.1, 0.15) is 30.9 Å². The molecule has 3 aromatic carbocycles. The quantitative estimate of drug-likeness (QED) is 0.204. The van der Waals surface area contributed by atoms with Gasteiger partial charge in [0.25, 0.3) is 0 Å². The van der Waals surface area contributed by atoms with Crippen molar-refractivity contribution in [2.75, 3.05) is 7.11 Å². The second-order valence-electron chi connectivity index (χ2n) is 9.07. The van der Waals surface area contributed by atoms with Gasteiger partial charge >= 0.3 is 5.63 Å². The molecular formula is C29H25NO6. The molecule has 0 radical (unpaired) electrons. The van der Waals surface area contributed by atoms with Crippen LogP contribution in [0.15, 0.2) is 80.3 Å². The number of hydrogen-bond donors (Lipinski definition) is 2. The minimum Gasteiger partial charge on any atom is -0.507 e. The van der Waals surface area contributed by atoms with Crippen molar-refractivity contribution in [1.29, 1.82) is 0 Å². The van der Waals surface area contributed by atoms with Crippen LogP contribution in [-0.2, 0) is 7.05 Å². The van der Waals surface area contributed by atoms with Gasteiger partial charge in [-0.25, -0.2) is 4.79 Å². The largest absolute Gasteiger partial charge is 0.507 e. The zero-order valence-corrected chi connectivity index (χ0v) is 20.3. The second kappa shape index (κ2) is 8.61. The zero-order valence-electron chi connectivity index (χ0n) is 20.3. The minimum atomic E-state index is -0.665. The first-order valence-electron chi connectivity index (χ1n) is 11.4. The van der Waals surface area contributed by atoms with Crippen LogP contribution in [0.5, 0.6) is 17.2 Å². The Morgan fingerprint density at radius 1 is 1.03 bits per heavy atom. The third-order valence-electron chi connectivity index (χ3n) is 6.51. The van der Waals surface area contributed by atoms with E-state index < -0.39 is 11.5 Å². The average Bonchev–Trinajstić information content (AvgIpc) is 2.85. The number of ether oxygens (including phenoxy) is 1. The molecule has 36 heavy (non-hydrogen) atoms. The molecule has 2 aromatic heterocycles. The lowest BCUT2D eigenvalue weighted by Crippen LogP contribution is -2.11. The van der Waals surface area contributed by atoms with Gasteiger partial charge in [-0.15, -0.1) is 0 Å². The smallest absolute Gasteiger partial charge is 0.336 e. The van der Waals surface area contributed by atoms with Crippen LogP contribution in [0.3, 0.4) is 0 Å². The summed E-state index contributed by atoms with van der Waals surface area (Å²) >= 11 is 0. The van der Waals surface area contributed by atoms with Crippen molar-refractivity contribution in [3.63, 3.8) is 0 Å². The summed E-state index contributed by atoms with van der Waals surface area (Å²) in [5.41, 5.74) is 2.40. The first kappa shape index (κ1) is 23.2. The summed E-state index contributed by atoms with van der Waals surface area (Å²) in [5.74, 6) is -0.707. The Morgan fingerprint density at radius 2 is 1.78 bits per heavy atom. The Labute approximate surface area is 206 Å². The van der Waals surface area contributed by atoms with E-state index in [9.17, 15) is 19.8 Å². The molecule has 2 N–H and O–H groups in total. The Bertz CT molecular complexity index is 1820. The summed E-state index contributed by atoms with van der Waals surface area (Å²) in [7, 11) is 3.28. The third kappa shape index (κ3) is 3.60. The molecule has 2 heterocycles. The SMILES string of the molecule is COc1cc2oc(=O)ccc2cc1[C@H](C=C(C)C)c1c(O)cc2c(c1O)c(=O)c1ccccc1n2C. The first-order chi connectivity index (χ1) is 17.2. The van der Waals surface area contributed by atoms with Gasteiger partial charge in [0.2, 0.25) is 5.43 Å². The number of aryl methyl sites for hydroxylation is 1. The van der Waals surface area contributed by atoms with Gasteiger partial charge in [0.15, 0.2) is 0 Å². The number of phenols is 2. The van der Waals surface area contributed by atoms with Crippen LogP contribution in [0.4, 0.5) is 0 Å². The lowest BCUT2D eigenvalue weighted by molar-refractivity contribution is 0.406. The van der Waals surface area contributed by atoms with E-state index in [4.69, 9.17) is 9.15 Å². The van der Waals surface area contributed by atoms with Crippen molar-refractivity contribution >= 4 is 32.8 Å². The van der Waals surface area contributed by atoms with E-state index in [-0.39, 0.29) is 27.9 Å². The fourth-order valence-corrected chi connectivity index (χ4v) is 4.87. The number of aromatic nitrogens is 1. The Hall–Kier alpha value is -4.52. The number of para-hydroxylation sites is 1. The van der Waals surface area contributed by atoms with Gasteiger partial charge in [-0.2, -0.15) is 0 Å². The lowest BCUT2D eigenvalue weighted by Gasteiger charge is -2.22. The van der Waals surface area contributed by atoms with Gasteiger partial charge < -0.3 is 23.9 Å². The molecule has 7 nitrogen and oxygen atoms in total. The van der Waals surface area contributed by atoms with E-state index in [0.717, 1.165) is 5.57 Å². The maximum Gasteiger partial charge on any atom is 0.336 e. The molecule has 0 bridgehead atoms. The van der Waals surface area contributed by atoms with E-state index >= 15 is 0 Å². The van der Waals surface area contributed by atoms with Crippen LogP contribution in [0.25, 0.3) is 32.8 Å². The molecule has 7 heteroatoms. The van der Waals surface area contributed by atoms with Crippen molar-refractivity contribution in [1.82, 2.24) is 4.57 Å². The standard InChI is InChI=1S/C29H25NO6/c1-15(2)11-19(18-12-16-9-10-25(32)36-23(16)14-24(18)35-4)26-22(31)13-21-27(29(26)34)28(33)17-7-5-6-8-20(17)30(21)3/h5-14,19,31,34H,1-4H3/t19-/m0/s1. The number of allylic oxidation sites excluding steroid dienone is 2. The number of rotatable bonds is 4. The number of benzene rings is 3. The van der Waals surface area contributed by atoms with Crippen molar-refractivity contribution < 1.29 is 19.4 Å². The Balaban J connectivity index is 1.89. The second-order valence-corrected chi connectivity index (χ2v) is 9.07. The summed E-state index contributed by atoms with van der Waals surface area (Å²) in [4.78, 5) is 25.2. The van der Waals surface area contributed by atoms with E-state index in [2.05, 4.69) is 0 Å². The van der Waals surface area contributed by atoms with Crippen molar-refractivity contribution in [2.24, 2.45) is 7.05 Å². The molecule has 5 aromatic rings. The molecule has 0 fully saturated rings. The number of aromatic hydroxyl groups is 2. The van der Waals surface area contributed by atoms with E-state index in [1.807, 2.05) is 32.1 Å². The van der Waals surface area contributed by atoms with E-state index in [0.29, 0.717) is 38.7 Å². The number of methoxy groups -OCH3 is 1.